The average Bonchev–Trinajstić information content (AvgIpc) is 2.72. The van der Waals surface area contributed by atoms with Crippen molar-refractivity contribution in [1.82, 2.24) is 14.9 Å². The molecule has 28 heavy (non-hydrogen) atoms. The third-order valence-corrected chi connectivity index (χ3v) is 4.98. The first-order valence-corrected chi connectivity index (χ1v) is 9.79. The van der Waals surface area contributed by atoms with Crippen LogP contribution in [0.15, 0.2) is 24.3 Å². The number of nitrogens with zero attached hydrogens (tertiary/aromatic N) is 3. The van der Waals surface area contributed by atoms with Crippen molar-refractivity contribution in [3.63, 3.8) is 0 Å². The smallest absolute Gasteiger partial charge is 0.229 e. The molecule has 1 saturated heterocycles. The van der Waals surface area contributed by atoms with Gasteiger partial charge in [0.1, 0.15) is 5.75 Å². The Morgan fingerprint density at radius 3 is 2.36 bits per heavy atom. The van der Waals surface area contributed by atoms with E-state index in [0.29, 0.717) is 30.4 Å². The highest BCUT2D eigenvalue weighted by atomic mass is 16.5. The van der Waals surface area contributed by atoms with Crippen LogP contribution in [0.3, 0.4) is 0 Å². The Hall–Kier alpha value is -2.54. The first-order chi connectivity index (χ1) is 13.6. The van der Waals surface area contributed by atoms with E-state index in [0.717, 1.165) is 38.2 Å². The second-order valence-electron chi connectivity index (χ2n) is 7.00. The van der Waals surface area contributed by atoms with Crippen LogP contribution < -0.4 is 19.5 Å². The fourth-order valence-corrected chi connectivity index (χ4v) is 3.41. The van der Waals surface area contributed by atoms with Crippen LogP contribution >= 0.6 is 0 Å². The van der Waals surface area contributed by atoms with Crippen molar-refractivity contribution in [1.29, 1.82) is 0 Å². The molecule has 2 heterocycles. The molecule has 7 heteroatoms. The summed E-state index contributed by atoms with van der Waals surface area (Å²) in [6.45, 7) is 7.79. The molecule has 0 amide bonds. The summed E-state index contributed by atoms with van der Waals surface area (Å²) in [5.41, 5.74) is 2.48. The molecule has 0 radical (unpaired) electrons. The van der Waals surface area contributed by atoms with Gasteiger partial charge < -0.3 is 19.5 Å². The molecule has 0 unspecified atom stereocenters. The van der Waals surface area contributed by atoms with Crippen molar-refractivity contribution in [3.05, 3.63) is 35.4 Å². The molecule has 3 rings (SSSR count). The maximum atomic E-state index is 5.72. The highest BCUT2D eigenvalue weighted by molar-refractivity contribution is 5.37. The van der Waals surface area contributed by atoms with E-state index in [1.54, 1.807) is 20.3 Å². The Morgan fingerprint density at radius 2 is 1.75 bits per heavy atom. The largest absolute Gasteiger partial charge is 0.494 e. The van der Waals surface area contributed by atoms with Crippen molar-refractivity contribution in [2.45, 2.75) is 39.3 Å². The summed E-state index contributed by atoms with van der Waals surface area (Å²) in [7, 11) is 3.18. The third-order valence-electron chi connectivity index (χ3n) is 4.98. The summed E-state index contributed by atoms with van der Waals surface area (Å²) in [5.74, 6) is 2.53. The SMILES string of the molecule is CCOc1cc(CN2CCC(Nc3nc(OC)cc(OC)n3)CC2)ccc1C. The Balaban J connectivity index is 1.54. The van der Waals surface area contributed by atoms with Gasteiger partial charge in [-0.05, 0) is 43.9 Å². The van der Waals surface area contributed by atoms with Crippen LogP contribution in [0.25, 0.3) is 0 Å². The van der Waals surface area contributed by atoms with Gasteiger partial charge in [-0.1, -0.05) is 12.1 Å². The second-order valence-corrected chi connectivity index (χ2v) is 7.00. The molecule has 0 aliphatic carbocycles. The number of methoxy groups -OCH3 is 2. The number of aryl methyl sites for hydroxylation is 1. The lowest BCUT2D eigenvalue weighted by atomic mass is 10.0. The Kier molecular flexibility index (Phi) is 6.92. The first-order valence-electron chi connectivity index (χ1n) is 9.79. The fourth-order valence-electron chi connectivity index (χ4n) is 3.41. The lowest BCUT2D eigenvalue weighted by molar-refractivity contribution is 0.210. The molecule has 1 aliphatic rings. The molecular weight excluding hydrogens is 356 g/mol. The highest BCUT2D eigenvalue weighted by Crippen LogP contribution is 2.23. The standard InChI is InChI=1S/C21H30N4O3/c1-5-28-18-12-16(7-6-15(18)2)14-25-10-8-17(9-11-25)22-21-23-19(26-3)13-20(24-21)27-4/h6-7,12-13,17H,5,8-11,14H2,1-4H3,(H,22,23,24). The van der Waals surface area contributed by atoms with Crippen molar-refractivity contribution < 1.29 is 14.2 Å². The van der Waals surface area contributed by atoms with E-state index in [1.807, 2.05) is 6.92 Å². The molecular formula is C21H30N4O3. The molecule has 0 spiro atoms. The van der Waals surface area contributed by atoms with Gasteiger partial charge in [-0.25, -0.2) is 0 Å². The van der Waals surface area contributed by atoms with Crippen LogP contribution in [0.5, 0.6) is 17.5 Å². The highest BCUT2D eigenvalue weighted by Gasteiger charge is 2.20. The molecule has 2 aromatic rings. The van der Waals surface area contributed by atoms with Crippen molar-refractivity contribution in [3.8, 4) is 17.5 Å². The van der Waals surface area contributed by atoms with Gasteiger partial charge in [-0.3, -0.25) is 4.90 Å². The van der Waals surface area contributed by atoms with Gasteiger partial charge in [0.25, 0.3) is 0 Å². The topological polar surface area (TPSA) is 68.7 Å². The van der Waals surface area contributed by atoms with E-state index in [1.165, 1.54) is 11.1 Å². The van der Waals surface area contributed by atoms with Crippen LogP contribution in [0, 0.1) is 6.92 Å². The summed E-state index contributed by atoms with van der Waals surface area (Å²) in [5, 5.41) is 3.42. The van der Waals surface area contributed by atoms with Crippen LogP contribution in [0.2, 0.25) is 0 Å². The van der Waals surface area contributed by atoms with E-state index in [2.05, 4.69) is 45.3 Å². The normalized spacial score (nSPS) is 15.3. The van der Waals surface area contributed by atoms with Gasteiger partial charge in [0.15, 0.2) is 0 Å². The minimum atomic E-state index is 0.338. The lowest BCUT2D eigenvalue weighted by Gasteiger charge is -2.32. The molecule has 0 bridgehead atoms. The molecule has 1 aliphatic heterocycles. The van der Waals surface area contributed by atoms with Gasteiger partial charge in [-0.2, -0.15) is 9.97 Å². The summed E-state index contributed by atoms with van der Waals surface area (Å²) < 4.78 is 16.2. The number of ether oxygens (including phenoxy) is 3. The summed E-state index contributed by atoms with van der Waals surface area (Å²) in [6.07, 6.45) is 2.07. The van der Waals surface area contributed by atoms with Gasteiger partial charge in [0.2, 0.25) is 17.7 Å². The Morgan fingerprint density at radius 1 is 1.07 bits per heavy atom. The number of hydrogen-bond acceptors (Lipinski definition) is 7. The number of rotatable bonds is 8. The van der Waals surface area contributed by atoms with Crippen molar-refractivity contribution in [2.75, 3.05) is 39.2 Å². The Labute approximate surface area is 167 Å². The van der Waals surface area contributed by atoms with E-state index in [4.69, 9.17) is 14.2 Å². The molecule has 1 fully saturated rings. The molecule has 7 nitrogen and oxygen atoms in total. The summed E-state index contributed by atoms with van der Waals surface area (Å²) in [4.78, 5) is 11.2. The van der Waals surface area contributed by atoms with E-state index in [-0.39, 0.29) is 0 Å². The third kappa shape index (κ3) is 5.25. The van der Waals surface area contributed by atoms with E-state index >= 15 is 0 Å². The number of likely N-dealkylation sites (tertiary alicyclic amines) is 1. The van der Waals surface area contributed by atoms with Crippen LogP contribution in [-0.2, 0) is 6.54 Å². The monoisotopic (exact) mass is 386 g/mol. The number of aromatic nitrogens is 2. The maximum absolute atomic E-state index is 5.72. The van der Waals surface area contributed by atoms with Gasteiger partial charge >= 0.3 is 0 Å². The molecule has 1 N–H and O–H groups in total. The molecule has 0 atom stereocenters. The number of piperidine rings is 1. The summed E-state index contributed by atoms with van der Waals surface area (Å²) >= 11 is 0. The number of anilines is 1. The number of hydrogen-bond donors (Lipinski definition) is 1. The second kappa shape index (κ2) is 9.59. The van der Waals surface area contributed by atoms with Gasteiger partial charge in [0, 0.05) is 25.7 Å². The fraction of sp³-hybridized carbons (Fsp3) is 0.524. The zero-order valence-corrected chi connectivity index (χ0v) is 17.2. The summed E-state index contributed by atoms with van der Waals surface area (Å²) in [6, 6.07) is 8.51. The predicted octanol–water partition coefficient (Wildman–Crippen LogP) is 3.28. The number of nitrogens with one attached hydrogen (secondary N) is 1. The van der Waals surface area contributed by atoms with Gasteiger partial charge in [-0.15, -0.1) is 0 Å². The van der Waals surface area contributed by atoms with Crippen molar-refractivity contribution in [2.24, 2.45) is 0 Å². The van der Waals surface area contributed by atoms with E-state index < -0.39 is 0 Å². The predicted molar refractivity (Wildman–Crippen MR) is 109 cm³/mol. The van der Waals surface area contributed by atoms with Crippen molar-refractivity contribution >= 4 is 5.95 Å². The van der Waals surface area contributed by atoms with Crippen LogP contribution in [0.4, 0.5) is 5.95 Å². The van der Waals surface area contributed by atoms with E-state index in [9.17, 15) is 0 Å². The lowest BCUT2D eigenvalue weighted by Crippen LogP contribution is -2.39. The molecule has 1 aromatic heterocycles. The maximum Gasteiger partial charge on any atom is 0.229 e. The molecule has 152 valence electrons. The number of benzene rings is 1. The van der Waals surface area contributed by atoms with Crippen LogP contribution in [0.1, 0.15) is 30.9 Å². The van der Waals surface area contributed by atoms with Crippen LogP contribution in [-0.4, -0.2) is 54.8 Å². The quantitative estimate of drug-likeness (QED) is 0.747. The van der Waals surface area contributed by atoms with Gasteiger partial charge in [0.05, 0.1) is 26.9 Å². The Bertz CT molecular complexity index is 754. The molecule has 1 aromatic carbocycles. The zero-order valence-electron chi connectivity index (χ0n) is 17.2. The average molecular weight is 386 g/mol. The molecule has 0 saturated carbocycles. The minimum absolute atomic E-state index is 0.338. The minimum Gasteiger partial charge on any atom is -0.494 e. The zero-order chi connectivity index (χ0) is 19.9. The first kappa shape index (κ1) is 20.2.